The van der Waals surface area contributed by atoms with Crippen LogP contribution < -0.4 is 4.90 Å². The highest BCUT2D eigenvalue weighted by Gasteiger charge is 2.27. The summed E-state index contributed by atoms with van der Waals surface area (Å²) in [6.45, 7) is 8.04. The van der Waals surface area contributed by atoms with Gasteiger partial charge in [0.1, 0.15) is 0 Å². The van der Waals surface area contributed by atoms with E-state index in [1.165, 1.54) is 6.42 Å². The molecule has 2 saturated heterocycles. The van der Waals surface area contributed by atoms with Crippen LogP contribution >= 0.6 is 0 Å². The van der Waals surface area contributed by atoms with Gasteiger partial charge in [0.2, 0.25) is 5.95 Å². The van der Waals surface area contributed by atoms with E-state index in [2.05, 4.69) is 19.8 Å². The first-order chi connectivity index (χ1) is 8.83. The predicted octanol–water partition coefficient (Wildman–Crippen LogP) is 0.696. The number of ether oxygens (including phenoxy) is 1. The van der Waals surface area contributed by atoms with E-state index >= 15 is 0 Å². The fourth-order valence-corrected chi connectivity index (χ4v) is 2.69. The molecule has 5 heteroatoms. The molecule has 1 atom stereocenters. The normalized spacial score (nSPS) is 25.6. The second-order valence-electron chi connectivity index (χ2n) is 5.04. The minimum Gasteiger partial charge on any atom is -0.380 e. The van der Waals surface area contributed by atoms with Crippen molar-refractivity contribution in [2.24, 2.45) is 0 Å². The van der Waals surface area contributed by atoms with Crippen molar-refractivity contribution in [2.75, 3.05) is 44.3 Å². The first-order valence-electron chi connectivity index (χ1n) is 6.69. The van der Waals surface area contributed by atoms with Crippen molar-refractivity contribution in [1.82, 2.24) is 14.9 Å². The maximum Gasteiger partial charge on any atom is 0.225 e. The van der Waals surface area contributed by atoms with E-state index in [4.69, 9.17) is 4.74 Å². The molecule has 2 aliphatic heterocycles. The summed E-state index contributed by atoms with van der Waals surface area (Å²) in [5.74, 6) is 0.873. The van der Waals surface area contributed by atoms with Crippen molar-refractivity contribution < 1.29 is 4.74 Å². The molecule has 18 heavy (non-hydrogen) atoms. The number of piperazine rings is 1. The Hall–Kier alpha value is -1.20. The number of hydrogen-bond acceptors (Lipinski definition) is 5. The summed E-state index contributed by atoms with van der Waals surface area (Å²) in [6.07, 6.45) is 3.02. The number of aromatic nitrogens is 2. The minimum absolute atomic E-state index is 0.630. The molecule has 0 bridgehead atoms. The molecule has 0 amide bonds. The molecule has 1 aromatic heterocycles. The zero-order chi connectivity index (χ0) is 12.4. The first-order valence-corrected chi connectivity index (χ1v) is 6.69. The van der Waals surface area contributed by atoms with Crippen molar-refractivity contribution in [2.45, 2.75) is 19.4 Å². The van der Waals surface area contributed by atoms with Crippen LogP contribution in [0.1, 0.15) is 12.1 Å². The van der Waals surface area contributed by atoms with Crippen molar-refractivity contribution in [1.29, 1.82) is 0 Å². The molecule has 98 valence electrons. The Bertz CT molecular complexity index is 398. The average Bonchev–Trinajstić information content (AvgIpc) is 2.93. The minimum atomic E-state index is 0.630. The van der Waals surface area contributed by atoms with Gasteiger partial charge in [0, 0.05) is 50.7 Å². The summed E-state index contributed by atoms with van der Waals surface area (Å²) in [7, 11) is 0. The van der Waals surface area contributed by atoms with Gasteiger partial charge < -0.3 is 9.64 Å². The Morgan fingerprint density at radius 1 is 1.28 bits per heavy atom. The van der Waals surface area contributed by atoms with Gasteiger partial charge in [0.05, 0.1) is 6.61 Å². The topological polar surface area (TPSA) is 41.5 Å². The molecule has 2 fully saturated rings. The van der Waals surface area contributed by atoms with Crippen LogP contribution in [-0.4, -0.2) is 60.3 Å². The van der Waals surface area contributed by atoms with Crippen LogP contribution in [0.3, 0.4) is 0 Å². The first kappa shape index (κ1) is 11.9. The molecule has 2 aliphatic rings. The highest BCUT2D eigenvalue weighted by molar-refractivity contribution is 5.30. The number of rotatable bonds is 2. The molecular formula is C13H20N4O. The quantitative estimate of drug-likeness (QED) is 0.770. The molecule has 0 N–H and O–H groups in total. The number of hydrogen-bond donors (Lipinski definition) is 0. The fraction of sp³-hybridized carbons (Fsp3) is 0.692. The number of nitrogens with zero attached hydrogens (tertiary/aromatic N) is 4. The van der Waals surface area contributed by atoms with Crippen molar-refractivity contribution >= 4 is 5.95 Å². The molecule has 5 nitrogen and oxygen atoms in total. The monoisotopic (exact) mass is 248 g/mol. The van der Waals surface area contributed by atoms with Gasteiger partial charge in [-0.2, -0.15) is 0 Å². The van der Waals surface area contributed by atoms with E-state index in [-0.39, 0.29) is 0 Å². The third-order valence-electron chi connectivity index (χ3n) is 3.80. The van der Waals surface area contributed by atoms with E-state index in [0.29, 0.717) is 6.04 Å². The molecule has 0 aromatic carbocycles. The van der Waals surface area contributed by atoms with Crippen molar-refractivity contribution in [3.63, 3.8) is 0 Å². The maximum absolute atomic E-state index is 5.46. The summed E-state index contributed by atoms with van der Waals surface area (Å²) >= 11 is 0. The Labute approximate surface area is 108 Å². The Morgan fingerprint density at radius 2 is 2.11 bits per heavy atom. The lowest BCUT2D eigenvalue weighted by Crippen LogP contribution is -2.51. The van der Waals surface area contributed by atoms with E-state index in [9.17, 15) is 0 Å². The van der Waals surface area contributed by atoms with Gasteiger partial charge in [0.25, 0.3) is 0 Å². The molecule has 3 heterocycles. The zero-order valence-electron chi connectivity index (χ0n) is 10.9. The van der Waals surface area contributed by atoms with Crippen molar-refractivity contribution in [3.05, 3.63) is 18.0 Å². The van der Waals surface area contributed by atoms with Gasteiger partial charge >= 0.3 is 0 Å². The van der Waals surface area contributed by atoms with Gasteiger partial charge in [-0.25, -0.2) is 9.97 Å². The molecule has 0 saturated carbocycles. The van der Waals surface area contributed by atoms with Crippen LogP contribution in [0.5, 0.6) is 0 Å². The number of anilines is 1. The van der Waals surface area contributed by atoms with Crippen LogP contribution in [0.2, 0.25) is 0 Å². The molecular weight excluding hydrogens is 228 g/mol. The van der Waals surface area contributed by atoms with Crippen molar-refractivity contribution in [3.8, 4) is 0 Å². The Balaban J connectivity index is 1.59. The smallest absolute Gasteiger partial charge is 0.225 e. The summed E-state index contributed by atoms with van der Waals surface area (Å²) in [5.41, 5.74) is 1.03. The molecule has 1 aromatic rings. The van der Waals surface area contributed by atoms with Crippen LogP contribution in [0, 0.1) is 6.92 Å². The lowest BCUT2D eigenvalue weighted by molar-refractivity contribution is 0.138. The van der Waals surface area contributed by atoms with E-state index in [0.717, 1.165) is 51.0 Å². The largest absolute Gasteiger partial charge is 0.380 e. The van der Waals surface area contributed by atoms with E-state index in [1.54, 1.807) is 0 Å². The summed E-state index contributed by atoms with van der Waals surface area (Å²) in [4.78, 5) is 13.7. The maximum atomic E-state index is 5.46. The van der Waals surface area contributed by atoms with Crippen LogP contribution in [0.4, 0.5) is 5.95 Å². The molecule has 0 radical (unpaired) electrons. The Morgan fingerprint density at radius 3 is 2.78 bits per heavy atom. The second kappa shape index (κ2) is 5.20. The lowest BCUT2D eigenvalue weighted by Gasteiger charge is -2.37. The number of aryl methyl sites for hydroxylation is 1. The Kier molecular flexibility index (Phi) is 3.43. The average molecular weight is 248 g/mol. The van der Waals surface area contributed by atoms with Gasteiger partial charge in [-0.05, 0) is 19.4 Å². The highest BCUT2D eigenvalue weighted by Crippen LogP contribution is 2.17. The lowest BCUT2D eigenvalue weighted by atomic mass is 10.2. The molecule has 1 unspecified atom stereocenters. The standard InChI is InChI=1S/C13H20N4O/c1-11-2-4-14-13(15-11)17-7-5-16(6-8-17)12-3-9-18-10-12/h2,4,12H,3,5-10H2,1H3. The van der Waals surface area contributed by atoms with Gasteiger partial charge in [-0.15, -0.1) is 0 Å². The molecule has 0 spiro atoms. The summed E-state index contributed by atoms with van der Waals surface area (Å²) in [5, 5.41) is 0. The van der Waals surface area contributed by atoms with E-state index in [1.807, 2.05) is 19.2 Å². The zero-order valence-corrected chi connectivity index (χ0v) is 10.9. The van der Waals surface area contributed by atoms with Crippen LogP contribution in [0.25, 0.3) is 0 Å². The summed E-state index contributed by atoms with van der Waals surface area (Å²) in [6, 6.07) is 2.57. The van der Waals surface area contributed by atoms with Gasteiger partial charge in [-0.3, -0.25) is 4.90 Å². The fourth-order valence-electron chi connectivity index (χ4n) is 2.69. The molecule has 3 rings (SSSR count). The molecule has 0 aliphatic carbocycles. The van der Waals surface area contributed by atoms with Gasteiger partial charge in [0.15, 0.2) is 0 Å². The van der Waals surface area contributed by atoms with Crippen LogP contribution in [-0.2, 0) is 4.74 Å². The van der Waals surface area contributed by atoms with E-state index < -0.39 is 0 Å². The predicted molar refractivity (Wildman–Crippen MR) is 69.8 cm³/mol. The third-order valence-corrected chi connectivity index (χ3v) is 3.80. The highest BCUT2D eigenvalue weighted by atomic mass is 16.5. The SMILES string of the molecule is Cc1ccnc(N2CCN(C3CCOC3)CC2)n1. The summed E-state index contributed by atoms with van der Waals surface area (Å²) < 4.78 is 5.46. The van der Waals surface area contributed by atoms with Gasteiger partial charge in [-0.1, -0.05) is 0 Å². The second-order valence-corrected chi connectivity index (χ2v) is 5.04. The third kappa shape index (κ3) is 2.47. The van der Waals surface area contributed by atoms with Crippen LogP contribution in [0.15, 0.2) is 12.3 Å².